The standard InChI is InChI=1S/C20H24N4OS/c1-2-14-25-18-11-7-6-10-17(18)15-21-24-19(22-23-20(24)26)13-12-16-8-4-3-5-9-16/h1,6-7,10-11,15-16H,3-5,8-9,12-14H2,(H,23,26)/b21-15-. The van der Waals surface area contributed by atoms with E-state index in [1.807, 2.05) is 24.3 Å². The van der Waals surface area contributed by atoms with Gasteiger partial charge in [-0.3, -0.25) is 5.10 Å². The quantitative estimate of drug-likeness (QED) is 0.449. The van der Waals surface area contributed by atoms with Crippen LogP contribution in [0.1, 0.15) is 49.9 Å². The molecule has 1 fully saturated rings. The molecule has 1 N–H and O–H groups in total. The Kier molecular flexibility index (Phi) is 6.62. The Labute approximate surface area is 159 Å². The van der Waals surface area contributed by atoms with Crippen molar-refractivity contribution >= 4 is 18.4 Å². The third-order valence-electron chi connectivity index (χ3n) is 4.76. The second kappa shape index (κ2) is 9.35. The second-order valence-electron chi connectivity index (χ2n) is 6.57. The number of aromatic nitrogens is 3. The summed E-state index contributed by atoms with van der Waals surface area (Å²) in [7, 11) is 0. The molecule has 5 nitrogen and oxygen atoms in total. The van der Waals surface area contributed by atoms with Crippen molar-refractivity contribution in [2.24, 2.45) is 11.0 Å². The lowest BCUT2D eigenvalue weighted by Gasteiger charge is -2.20. The van der Waals surface area contributed by atoms with Crippen molar-refractivity contribution in [1.29, 1.82) is 0 Å². The van der Waals surface area contributed by atoms with Crippen molar-refractivity contribution in [3.05, 3.63) is 40.4 Å². The van der Waals surface area contributed by atoms with Gasteiger partial charge in [0.1, 0.15) is 12.4 Å². The maximum atomic E-state index is 5.56. The molecule has 0 aliphatic heterocycles. The van der Waals surface area contributed by atoms with Crippen LogP contribution >= 0.6 is 12.2 Å². The minimum Gasteiger partial charge on any atom is -0.480 e. The van der Waals surface area contributed by atoms with Crippen molar-refractivity contribution in [2.45, 2.75) is 44.9 Å². The number of ether oxygens (including phenoxy) is 1. The van der Waals surface area contributed by atoms with Gasteiger partial charge in [-0.25, -0.2) is 0 Å². The molecule has 1 heterocycles. The Morgan fingerprint density at radius 1 is 1.35 bits per heavy atom. The molecule has 0 bridgehead atoms. The fraction of sp³-hybridized carbons (Fsp3) is 0.450. The molecular formula is C20H24N4OS. The highest BCUT2D eigenvalue weighted by Crippen LogP contribution is 2.27. The first-order chi connectivity index (χ1) is 12.8. The van der Waals surface area contributed by atoms with Gasteiger partial charge in [0.05, 0.1) is 6.21 Å². The van der Waals surface area contributed by atoms with Gasteiger partial charge < -0.3 is 4.74 Å². The molecule has 2 aromatic rings. The Morgan fingerprint density at radius 2 is 2.15 bits per heavy atom. The van der Waals surface area contributed by atoms with Gasteiger partial charge in [-0.05, 0) is 36.7 Å². The monoisotopic (exact) mass is 368 g/mol. The minimum atomic E-state index is 0.225. The molecule has 0 atom stereocenters. The average molecular weight is 369 g/mol. The highest BCUT2D eigenvalue weighted by Gasteiger charge is 2.15. The van der Waals surface area contributed by atoms with Crippen molar-refractivity contribution < 1.29 is 4.74 Å². The van der Waals surface area contributed by atoms with Crippen LogP contribution in [0.5, 0.6) is 5.75 Å². The molecule has 0 radical (unpaired) electrons. The summed E-state index contributed by atoms with van der Waals surface area (Å²) in [5.74, 6) is 4.85. The number of nitrogens with zero attached hydrogens (tertiary/aromatic N) is 3. The molecule has 136 valence electrons. The van der Waals surface area contributed by atoms with Crippen LogP contribution in [0.25, 0.3) is 0 Å². The van der Waals surface area contributed by atoms with E-state index >= 15 is 0 Å². The summed E-state index contributed by atoms with van der Waals surface area (Å²) in [6, 6.07) is 7.64. The summed E-state index contributed by atoms with van der Waals surface area (Å²) in [6.45, 7) is 0.225. The maximum absolute atomic E-state index is 5.56. The van der Waals surface area contributed by atoms with Crippen LogP contribution in [-0.2, 0) is 6.42 Å². The molecule has 3 rings (SSSR count). The molecule has 1 aromatic heterocycles. The third kappa shape index (κ3) is 4.83. The van der Waals surface area contributed by atoms with Gasteiger partial charge in [0.2, 0.25) is 4.77 Å². The Balaban J connectivity index is 1.72. The van der Waals surface area contributed by atoms with Gasteiger partial charge in [-0.15, -0.1) is 6.42 Å². The number of rotatable bonds is 7. The van der Waals surface area contributed by atoms with Crippen LogP contribution in [-0.4, -0.2) is 27.7 Å². The highest BCUT2D eigenvalue weighted by molar-refractivity contribution is 7.71. The lowest BCUT2D eigenvalue weighted by atomic mass is 9.86. The zero-order chi connectivity index (χ0) is 18.2. The molecule has 0 spiro atoms. The fourth-order valence-electron chi connectivity index (χ4n) is 3.37. The lowest BCUT2D eigenvalue weighted by Crippen LogP contribution is -2.09. The number of nitrogens with one attached hydrogen (secondary N) is 1. The summed E-state index contributed by atoms with van der Waals surface area (Å²) in [5, 5.41) is 11.7. The predicted octanol–water partition coefficient (Wildman–Crippen LogP) is 4.35. The lowest BCUT2D eigenvalue weighted by molar-refractivity contribution is 0.336. The van der Waals surface area contributed by atoms with E-state index in [9.17, 15) is 0 Å². The summed E-state index contributed by atoms with van der Waals surface area (Å²) in [5.41, 5.74) is 0.851. The number of terminal acetylenes is 1. The first-order valence-electron chi connectivity index (χ1n) is 9.14. The number of aryl methyl sites for hydroxylation is 1. The first-order valence-corrected chi connectivity index (χ1v) is 9.54. The van der Waals surface area contributed by atoms with Crippen LogP contribution in [0.3, 0.4) is 0 Å². The number of H-pyrrole nitrogens is 1. The van der Waals surface area contributed by atoms with E-state index < -0.39 is 0 Å². The van der Waals surface area contributed by atoms with E-state index in [-0.39, 0.29) is 6.61 Å². The Hall–Kier alpha value is -2.39. The van der Waals surface area contributed by atoms with E-state index in [0.29, 0.717) is 10.5 Å². The highest BCUT2D eigenvalue weighted by atomic mass is 32.1. The zero-order valence-electron chi connectivity index (χ0n) is 14.9. The van der Waals surface area contributed by atoms with Crippen LogP contribution in [0, 0.1) is 23.0 Å². The average Bonchev–Trinajstić information content (AvgIpc) is 3.04. The summed E-state index contributed by atoms with van der Waals surface area (Å²) >= 11 is 5.34. The minimum absolute atomic E-state index is 0.225. The van der Waals surface area contributed by atoms with Crippen molar-refractivity contribution in [1.82, 2.24) is 14.9 Å². The Morgan fingerprint density at radius 3 is 2.96 bits per heavy atom. The van der Waals surface area contributed by atoms with Crippen LogP contribution < -0.4 is 4.74 Å². The molecule has 1 saturated carbocycles. The molecule has 6 heteroatoms. The molecule has 1 aliphatic carbocycles. The Bertz CT molecular complexity index is 840. The summed E-state index contributed by atoms with van der Waals surface area (Å²) < 4.78 is 7.76. The first kappa shape index (κ1) is 18.4. The normalized spacial score (nSPS) is 15.2. The van der Waals surface area contributed by atoms with Crippen molar-refractivity contribution in [2.75, 3.05) is 6.61 Å². The van der Waals surface area contributed by atoms with E-state index in [1.165, 1.54) is 32.1 Å². The number of hydrogen-bond acceptors (Lipinski definition) is 4. The molecule has 1 aromatic carbocycles. The largest absolute Gasteiger partial charge is 0.480 e. The SMILES string of the molecule is C#CCOc1ccccc1/C=N\n1c(CCC2CCCCC2)n[nH]c1=S. The van der Waals surface area contributed by atoms with E-state index in [1.54, 1.807) is 10.9 Å². The van der Waals surface area contributed by atoms with E-state index in [0.717, 1.165) is 30.1 Å². The predicted molar refractivity (Wildman–Crippen MR) is 106 cm³/mol. The molecular weight excluding hydrogens is 344 g/mol. The van der Waals surface area contributed by atoms with Crippen LogP contribution in [0.2, 0.25) is 0 Å². The van der Waals surface area contributed by atoms with Gasteiger partial charge >= 0.3 is 0 Å². The molecule has 26 heavy (non-hydrogen) atoms. The smallest absolute Gasteiger partial charge is 0.216 e. The molecule has 1 aliphatic rings. The molecule has 0 unspecified atom stereocenters. The number of aromatic amines is 1. The summed E-state index contributed by atoms with van der Waals surface area (Å²) in [4.78, 5) is 0. The second-order valence-corrected chi connectivity index (χ2v) is 6.96. The number of para-hydroxylation sites is 1. The third-order valence-corrected chi connectivity index (χ3v) is 5.02. The van der Waals surface area contributed by atoms with Gasteiger partial charge in [0.15, 0.2) is 5.82 Å². The molecule has 0 saturated heterocycles. The summed E-state index contributed by atoms with van der Waals surface area (Å²) in [6.07, 6.45) is 15.8. The van der Waals surface area contributed by atoms with Crippen LogP contribution in [0.4, 0.5) is 0 Å². The van der Waals surface area contributed by atoms with Gasteiger partial charge in [-0.1, -0.05) is 50.2 Å². The van der Waals surface area contributed by atoms with E-state index in [2.05, 4.69) is 21.2 Å². The van der Waals surface area contributed by atoms with Gasteiger partial charge in [0, 0.05) is 12.0 Å². The zero-order valence-corrected chi connectivity index (χ0v) is 15.7. The fourth-order valence-corrected chi connectivity index (χ4v) is 3.57. The molecule has 0 amide bonds. The van der Waals surface area contributed by atoms with E-state index in [4.69, 9.17) is 23.4 Å². The number of hydrogen-bond donors (Lipinski definition) is 1. The van der Waals surface area contributed by atoms with Crippen molar-refractivity contribution in [3.8, 4) is 18.1 Å². The van der Waals surface area contributed by atoms with Gasteiger partial charge in [0.25, 0.3) is 0 Å². The van der Waals surface area contributed by atoms with Gasteiger partial charge in [-0.2, -0.15) is 14.9 Å². The van der Waals surface area contributed by atoms with Crippen LogP contribution in [0.15, 0.2) is 29.4 Å². The van der Waals surface area contributed by atoms with Crippen molar-refractivity contribution in [3.63, 3.8) is 0 Å². The topological polar surface area (TPSA) is 55.2 Å². The number of benzene rings is 1. The maximum Gasteiger partial charge on any atom is 0.216 e.